The largest absolute Gasteiger partial charge is 0.379 e. The Labute approximate surface area is 156 Å². The topological polar surface area (TPSA) is 84.4 Å². The molecule has 0 spiro atoms. The Kier molecular flexibility index (Phi) is 6.82. The molecule has 2 aromatic heterocycles. The van der Waals surface area contributed by atoms with Crippen molar-refractivity contribution >= 4 is 23.0 Å². The maximum absolute atomic E-state index is 12.0. The van der Waals surface area contributed by atoms with Crippen LogP contribution in [0.4, 0.5) is 0 Å². The number of hydrogen-bond acceptors (Lipinski definition) is 7. The van der Waals surface area contributed by atoms with Gasteiger partial charge in [0.15, 0.2) is 5.78 Å². The van der Waals surface area contributed by atoms with Crippen LogP contribution in [-0.2, 0) is 22.6 Å². The molecule has 0 bridgehead atoms. The summed E-state index contributed by atoms with van der Waals surface area (Å²) in [6.45, 7) is 4.60. The molecule has 8 heteroatoms. The second kappa shape index (κ2) is 9.51. The summed E-state index contributed by atoms with van der Waals surface area (Å²) in [5.74, 6) is -0.220. The van der Waals surface area contributed by atoms with E-state index in [1.165, 1.54) is 6.20 Å². The number of rotatable bonds is 8. The lowest BCUT2D eigenvalue weighted by atomic mass is 10.1. The van der Waals surface area contributed by atoms with Gasteiger partial charge in [0.1, 0.15) is 5.01 Å². The van der Waals surface area contributed by atoms with Crippen molar-refractivity contribution in [2.75, 3.05) is 26.3 Å². The van der Waals surface area contributed by atoms with Gasteiger partial charge in [-0.3, -0.25) is 19.5 Å². The Balaban J connectivity index is 1.38. The first-order valence-corrected chi connectivity index (χ1v) is 9.52. The quantitative estimate of drug-likeness (QED) is 0.708. The van der Waals surface area contributed by atoms with Crippen LogP contribution < -0.4 is 5.32 Å². The number of nitrogens with one attached hydrogen (secondary N) is 1. The normalized spacial score (nSPS) is 14.9. The number of carbonyl (C=O) groups is 2. The van der Waals surface area contributed by atoms with E-state index in [0.29, 0.717) is 12.1 Å². The molecular weight excluding hydrogens is 352 g/mol. The van der Waals surface area contributed by atoms with Crippen molar-refractivity contribution in [2.45, 2.75) is 25.9 Å². The molecule has 0 unspecified atom stereocenters. The number of morpholine rings is 1. The van der Waals surface area contributed by atoms with E-state index in [9.17, 15) is 9.59 Å². The second-order valence-corrected chi connectivity index (χ2v) is 7.01. The van der Waals surface area contributed by atoms with E-state index in [0.717, 1.165) is 43.5 Å². The molecular formula is C18H22N4O3S. The van der Waals surface area contributed by atoms with Gasteiger partial charge in [-0.2, -0.15) is 0 Å². The molecule has 0 aliphatic carbocycles. The molecule has 1 N–H and O–H groups in total. The Morgan fingerprint density at radius 2 is 2.12 bits per heavy atom. The van der Waals surface area contributed by atoms with Crippen molar-refractivity contribution in [1.82, 2.24) is 20.2 Å². The highest BCUT2D eigenvalue weighted by Gasteiger charge is 2.13. The Bertz CT molecular complexity index is 729. The summed E-state index contributed by atoms with van der Waals surface area (Å²) < 4.78 is 5.34. The van der Waals surface area contributed by atoms with E-state index in [4.69, 9.17) is 4.74 Å². The third-order valence-electron chi connectivity index (χ3n) is 4.09. The highest BCUT2D eigenvalue weighted by Crippen LogP contribution is 2.13. The Morgan fingerprint density at radius 1 is 1.27 bits per heavy atom. The number of nitrogens with zero attached hydrogens (tertiary/aromatic N) is 3. The summed E-state index contributed by atoms with van der Waals surface area (Å²) in [6.07, 6.45) is 3.48. The van der Waals surface area contributed by atoms with E-state index in [1.54, 1.807) is 29.7 Å². The number of ether oxygens (including phenoxy) is 1. The number of hydrogen-bond donors (Lipinski definition) is 1. The number of pyridine rings is 1. The first-order valence-electron chi connectivity index (χ1n) is 8.64. The SMILES string of the molecule is O=C(CCC(=O)c1cccnc1)NCc1nc(CN2CCOCC2)cs1. The van der Waals surface area contributed by atoms with Crippen LogP contribution in [0.15, 0.2) is 29.9 Å². The molecule has 7 nitrogen and oxygen atoms in total. The summed E-state index contributed by atoms with van der Waals surface area (Å²) in [5.41, 5.74) is 1.56. The summed E-state index contributed by atoms with van der Waals surface area (Å²) in [4.78, 5) is 34.7. The van der Waals surface area contributed by atoms with Crippen LogP contribution in [0.2, 0.25) is 0 Å². The predicted octanol–water partition coefficient (Wildman–Crippen LogP) is 1.65. The van der Waals surface area contributed by atoms with Crippen LogP contribution in [0.5, 0.6) is 0 Å². The monoisotopic (exact) mass is 374 g/mol. The average molecular weight is 374 g/mol. The van der Waals surface area contributed by atoms with Gasteiger partial charge in [0, 0.05) is 55.8 Å². The van der Waals surface area contributed by atoms with Crippen molar-refractivity contribution in [3.05, 3.63) is 46.2 Å². The van der Waals surface area contributed by atoms with Crippen LogP contribution in [0, 0.1) is 0 Å². The Hall–Kier alpha value is -2.16. The molecule has 0 saturated carbocycles. The first-order chi connectivity index (χ1) is 12.7. The maximum atomic E-state index is 12.0. The van der Waals surface area contributed by atoms with Gasteiger partial charge in [-0.15, -0.1) is 11.3 Å². The molecule has 3 rings (SSSR count). The lowest BCUT2D eigenvalue weighted by molar-refractivity contribution is -0.121. The molecule has 1 amide bonds. The van der Waals surface area contributed by atoms with Gasteiger partial charge >= 0.3 is 0 Å². The molecule has 1 aliphatic rings. The highest BCUT2D eigenvalue weighted by atomic mass is 32.1. The lowest BCUT2D eigenvalue weighted by Crippen LogP contribution is -2.35. The van der Waals surface area contributed by atoms with Gasteiger partial charge in [0.2, 0.25) is 5.91 Å². The van der Waals surface area contributed by atoms with E-state index in [-0.39, 0.29) is 24.5 Å². The van der Waals surface area contributed by atoms with Crippen LogP contribution in [0.25, 0.3) is 0 Å². The number of aromatic nitrogens is 2. The smallest absolute Gasteiger partial charge is 0.220 e. The number of carbonyl (C=O) groups excluding carboxylic acids is 2. The van der Waals surface area contributed by atoms with Crippen LogP contribution in [0.1, 0.15) is 33.9 Å². The fourth-order valence-corrected chi connectivity index (χ4v) is 3.38. The number of Topliss-reactive ketones (excluding diaryl/α,β-unsaturated/α-hetero) is 1. The standard InChI is InChI=1S/C18H22N4O3S/c23-16(14-2-1-5-19-10-14)3-4-17(24)20-11-18-21-15(13-26-18)12-22-6-8-25-9-7-22/h1-2,5,10,13H,3-4,6-9,11-12H2,(H,20,24). The summed E-state index contributed by atoms with van der Waals surface area (Å²) in [5, 5.41) is 5.74. The third kappa shape index (κ3) is 5.69. The molecule has 138 valence electrons. The van der Waals surface area contributed by atoms with E-state index in [1.807, 2.05) is 5.38 Å². The molecule has 3 heterocycles. The van der Waals surface area contributed by atoms with Crippen molar-refractivity contribution in [1.29, 1.82) is 0 Å². The molecule has 1 fully saturated rings. The fraction of sp³-hybridized carbons (Fsp3) is 0.444. The van der Waals surface area contributed by atoms with Gasteiger partial charge in [0.05, 0.1) is 25.5 Å². The van der Waals surface area contributed by atoms with Gasteiger partial charge in [0.25, 0.3) is 0 Å². The molecule has 0 radical (unpaired) electrons. The second-order valence-electron chi connectivity index (χ2n) is 6.06. The van der Waals surface area contributed by atoms with Gasteiger partial charge in [-0.25, -0.2) is 4.98 Å². The first kappa shape index (κ1) is 18.6. The molecule has 2 aromatic rings. The molecule has 0 aromatic carbocycles. The van der Waals surface area contributed by atoms with Gasteiger partial charge in [-0.05, 0) is 12.1 Å². The summed E-state index contributed by atoms with van der Waals surface area (Å²) >= 11 is 1.54. The minimum atomic E-state index is -0.146. The summed E-state index contributed by atoms with van der Waals surface area (Å²) in [6, 6.07) is 3.42. The van der Waals surface area contributed by atoms with Crippen molar-refractivity contribution in [2.24, 2.45) is 0 Å². The summed E-state index contributed by atoms with van der Waals surface area (Å²) in [7, 11) is 0. The highest BCUT2D eigenvalue weighted by molar-refractivity contribution is 7.09. The number of ketones is 1. The zero-order chi connectivity index (χ0) is 18.2. The Morgan fingerprint density at radius 3 is 2.88 bits per heavy atom. The van der Waals surface area contributed by atoms with E-state index in [2.05, 4.69) is 20.2 Å². The molecule has 1 saturated heterocycles. The van der Waals surface area contributed by atoms with Crippen LogP contribution in [-0.4, -0.2) is 52.9 Å². The third-order valence-corrected chi connectivity index (χ3v) is 4.99. The number of thiazole rings is 1. The minimum Gasteiger partial charge on any atom is -0.379 e. The average Bonchev–Trinajstić information content (AvgIpc) is 3.13. The van der Waals surface area contributed by atoms with Gasteiger partial charge in [-0.1, -0.05) is 0 Å². The number of amides is 1. The van der Waals surface area contributed by atoms with Crippen LogP contribution >= 0.6 is 11.3 Å². The van der Waals surface area contributed by atoms with Crippen LogP contribution in [0.3, 0.4) is 0 Å². The minimum absolute atomic E-state index is 0.0738. The fourth-order valence-electron chi connectivity index (χ4n) is 2.65. The lowest BCUT2D eigenvalue weighted by Gasteiger charge is -2.25. The zero-order valence-electron chi connectivity index (χ0n) is 14.5. The van der Waals surface area contributed by atoms with E-state index >= 15 is 0 Å². The van der Waals surface area contributed by atoms with Crippen molar-refractivity contribution < 1.29 is 14.3 Å². The van der Waals surface area contributed by atoms with Crippen molar-refractivity contribution in [3.63, 3.8) is 0 Å². The molecule has 1 aliphatic heterocycles. The maximum Gasteiger partial charge on any atom is 0.220 e. The van der Waals surface area contributed by atoms with E-state index < -0.39 is 0 Å². The zero-order valence-corrected chi connectivity index (χ0v) is 15.3. The van der Waals surface area contributed by atoms with Crippen molar-refractivity contribution in [3.8, 4) is 0 Å². The molecule has 0 atom stereocenters. The molecule has 26 heavy (non-hydrogen) atoms. The predicted molar refractivity (Wildman–Crippen MR) is 97.9 cm³/mol. The van der Waals surface area contributed by atoms with Gasteiger partial charge < -0.3 is 10.1 Å².